The molecule has 78 valence electrons. The van der Waals surface area contributed by atoms with Crippen molar-refractivity contribution in [1.82, 2.24) is 4.98 Å². The highest BCUT2D eigenvalue weighted by atomic mass is 35.5. The van der Waals surface area contributed by atoms with Crippen molar-refractivity contribution < 1.29 is 18.3 Å². The Labute approximate surface area is 84.6 Å². The van der Waals surface area contributed by atoms with E-state index in [-0.39, 0.29) is 16.7 Å². The Bertz CT molecular complexity index is 333. The van der Waals surface area contributed by atoms with Crippen molar-refractivity contribution in [3.63, 3.8) is 0 Å². The molecule has 0 fully saturated rings. The molecule has 6 heteroatoms. The van der Waals surface area contributed by atoms with Crippen LogP contribution in [0.15, 0.2) is 6.07 Å². The molecule has 0 amide bonds. The van der Waals surface area contributed by atoms with Gasteiger partial charge in [-0.3, -0.25) is 0 Å². The van der Waals surface area contributed by atoms with Crippen LogP contribution in [0.5, 0.6) is 11.6 Å². The minimum atomic E-state index is -2.73. The zero-order chi connectivity index (χ0) is 10.7. The summed E-state index contributed by atoms with van der Waals surface area (Å²) >= 11 is 5.55. The first-order valence-corrected chi connectivity index (χ1v) is 4.04. The fourth-order valence-corrected chi connectivity index (χ4v) is 1.14. The van der Waals surface area contributed by atoms with Crippen LogP contribution in [0.3, 0.4) is 0 Å². The van der Waals surface area contributed by atoms with Crippen LogP contribution in [0.25, 0.3) is 0 Å². The van der Waals surface area contributed by atoms with E-state index in [1.807, 2.05) is 0 Å². The van der Waals surface area contributed by atoms with E-state index in [2.05, 4.69) is 4.98 Å². The molecule has 0 bridgehead atoms. The summed E-state index contributed by atoms with van der Waals surface area (Å²) in [6, 6.07) is 1.24. The van der Waals surface area contributed by atoms with Crippen LogP contribution in [0.4, 0.5) is 8.78 Å². The van der Waals surface area contributed by atoms with Crippen LogP contribution in [0, 0.1) is 0 Å². The molecule has 14 heavy (non-hydrogen) atoms. The first-order chi connectivity index (χ1) is 6.60. The Hall–Kier alpha value is -1.10. The Kier molecular flexibility index (Phi) is 3.46. The van der Waals surface area contributed by atoms with Crippen LogP contribution in [-0.2, 0) is 0 Å². The number of halogens is 3. The molecule has 0 saturated carbocycles. The van der Waals surface area contributed by atoms with Crippen molar-refractivity contribution in [3.8, 4) is 11.6 Å². The van der Waals surface area contributed by atoms with E-state index in [1.54, 1.807) is 0 Å². The van der Waals surface area contributed by atoms with Crippen LogP contribution in [-0.4, -0.2) is 19.2 Å². The minimum absolute atomic E-state index is 0.00722. The van der Waals surface area contributed by atoms with Crippen LogP contribution >= 0.6 is 11.6 Å². The molecule has 1 aromatic rings. The number of hydrogen-bond acceptors (Lipinski definition) is 3. The van der Waals surface area contributed by atoms with Gasteiger partial charge in [-0.15, -0.1) is 0 Å². The lowest BCUT2D eigenvalue weighted by Gasteiger charge is -2.09. The maximum Gasteiger partial charge on any atom is 0.281 e. The smallest absolute Gasteiger partial charge is 0.281 e. The average molecular weight is 224 g/mol. The predicted octanol–water partition coefficient (Wildman–Crippen LogP) is 2.69. The largest absolute Gasteiger partial charge is 0.491 e. The highest BCUT2D eigenvalue weighted by Crippen LogP contribution is 2.33. The molecule has 0 aromatic carbocycles. The molecule has 0 aliphatic rings. The normalized spacial score (nSPS) is 10.4. The molecule has 0 atom stereocenters. The lowest BCUT2D eigenvalue weighted by molar-refractivity contribution is 0.145. The highest BCUT2D eigenvalue weighted by Gasteiger charge is 2.18. The van der Waals surface area contributed by atoms with Gasteiger partial charge in [0.2, 0.25) is 0 Å². The Morgan fingerprint density at radius 2 is 2.00 bits per heavy atom. The lowest BCUT2D eigenvalue weighted by atomic mass is 10.3. The van der Waals surface area contributed by atoms with Gasteiger partial charge in [-0.25, -0.2) is 13.8 Å². The zero-order valence-electron chi connectivity index (χ0n) is 7.55. The van der Waals surface area contributed by atoms with Crippen molar-refractivity contribution in [2.45, 2.75) is 6.43 Å². The zero-order valence-corrected chi connectivity index (χ0v) is 8.31. The highest BCUT2D eigenvalue weighted by molar-refractivity contribution is 6.31. The number of nitrogens with zero attached hydrogens (tertiary/aromatic N) is 1. The third kappa shape index (κ3) is 2.04. The number of hydrogen-bond donors (Lipinski definition) is 0. The van der Waals surface area contributed by atoms with Gasteiger partial charge in [0, 0.05) is 6.07 Å². The second-order valence-electron chi connectivity index (χ2n) is 2.37. The van der Waals surface area contributed by atoms with E-state index < -0.39 is 12.1 Å². The third-order valence-electron chi connectivity index (χ3n) is 1.56. The summed E-state index contributed by atoms with van der Waals surface area (Å²) in [4.78, 5) is 3.53. The summed E-state index contributed by atoms with van der Waals surface area (Å²) in [5.41, 5.74) is -0.510. The topological polar surface area (TPSA) is 31.4 Å². The van der Waals surface area contributed by atoms with Crippen molar-refractivity contribution in [2.24, 2.45) is 0 Å². The van der Waals surface area contributed by atoms with Gasteiger partial charge in [-0.05, 0) is 0 Å². The molecule has 0 aliphatic heterocycles. The van der Waals surface area contributed by atoms with Crippen molar-refractivity contribution in [2.75, 3.05) is 14.2 Å². The molecule has 0 unspecified atom stereocenters. The minimum Gasteiger partial charge on any atom is -0.491 e. The van der Waals surface area contributed by atoms with E-state index in [1.165, 1.54) is 20.3 Å². The fourth-order valence-electron chi connectivity index (χ4n) is 0.914. The maximum absolute atomic E-state index is 12.3. The van der Waals surface area contributed by atoms with E-state index in [9.17, 15) is 8.78 Å². The molecule has 0 radical (unpaired) electrons. The Morgan fingerprint density at radius 3 is 2.43 bits per heavy atom. The lowest BCUT2D eigenvalue weighted by Crippen LogP contribution is -1.98. The van der Waals surface area contributed by atoms with Gasteiger partial charge >= 0.3 is 0 Å². The molecule has 0 aliphatic carbocycles. The molecule has 1 rings (SSSR count). The van der Waals surface area contributed by atoms with Gasteiger partial charge in [-0.2, -0.15) is 0 Å². The van der Waals surface area contributed by atoms with E-state index in [0.29, 0.717) is 0 Å². The summed E-state index contributed by atoms with van der Waals surface area (Å²) in [5.74, 6) is 0.217. The third-order valence-corrected chi connectivity index (χ3v) is 1.86. The molecule has 1 heterocycles. The molecule has 3 nitrogen and oxygen atoms in total. The Morgan fingerprint density at radius 1 is 1.36 bits per heavy atom. The summed E-state index contributed by atoms with van der Waals surface area (Å²) in [5, 5.41) is -0.141. The molecular formula is C8H8ClF2NO2. The SMILES string of the molecule is COc1cc(Cl)c(C(F)F)nc1OC. The number of aromatic nitrogens is 1. The van der Waals surface area contributed by atoms with Crippen molar-refractivity contribution in [1.29, 1.82) is 0 Å². The van der Waals surface area contributed by atoms with Crippen LogP contribution < -0.4 is 9.47 Å². The maximum atomic E-state index is 12.3. The Balaban J connectivity index is 3.23. The van der Waals surface area contributed by atoms with Crippen LogP contribution in [0.1, 0.15) is 12.1 Å². The van der Waals surface area contributed by atoms with Gasteiger partial charge in [0.15, 0.2) is 5.75 Å². The number of rotatable bonds is 3. The van der Waals surface area contributed by atoms with Gasteiger partial charge < -0.3 is 9.47 Å². The monoisotopic (exact) mass is 223 g/mol. The number of alkyl halides is 2. The molecular weight excluding hydrogens is 216 g/mol. The fraction of sp³-hybridized carbons (Fsp3) is 0.375. The second-order valence-corrected chi connectivity index (χ2v) is 2.77. The number of ether oxygens (including phenoxy) is 2. The molecule has 0 spiro atoms. The van der Waals surface area contributed by atoms with Crippen LogP contribution in [0.2, 0.25) is 5.02 Å². The van der Waals surface area contributed by atoms with E-state index in [4.69, 9.17) is 21.1 Å². The number of pyridine rings is 1. The first kappa shape index (κ1) is 11.0. The molecule has 1 aromatic heterocycles. The first-order valence-electron chi connectivity index (χ1n) is 3.66. The molecule has 0 N–H and O–H groups in total. The summed E-state index contributed by atoms with van der Waals surface area (Å²) in [6.07, 6.45) is -2.73. The van der Waals surface area contributed by atoms with Gasteiger partial charge in [0.05, 0.1) is 19.2 Å². The quantitative estimate of drug-likeness (QED) is 0.790. The average Bonchev–Trinajstić information content (AvgIpc) is 2.16. The van der Waals surface area contributed by atoms with Gasteiger partial charge in [0.1, 0.15) is 5.69 Å². The van der Waals surface area contributed by atoms with Crippen molar-refractivity contribution in [3.05, 3.63) is 16.8 Å². The standard InChI is InChI=1S/C8H8ClF2NO2/c1-13-5-3-4(9)6(7(10)11)12-8(5)14-2/h3,7H,1-2H3. The van der Waals surface area contributed by atoms with Gasteiger partial charge in [0.25, 0.3) is 12.3 Å². The summed E-state index contributed by atoms with van der Waals surface area (Å²) < 4.78 is 34.3. The predicted molar refractivity (Wildman–Crippen MR) is 47.3 cm³/mol. The van der Waals surface area contributed by atoms with E-state index >= 15 is 0 Å². The summed E-state index contributed by atoms with van der Waals surface area (Å²) in [6.45, 7) is 0. The van der Waals surface area contributed by atoms with Gasteiger partial charge in [-0.1, -0.05) is 11.6 Å². The van der Waals surface area contributed by atoms with E-state index in [0.717, 1.165) is 0 Å². The molecule has 0 saturated heterocycles. The van der Waals surface area contributed by atoms with Crippen molar-refractivity contribution >= 4 is 11.6 Å². The number of methoxy groups -OCH3 is 2. The second kappa shape index (κ2) is 4.41. The summed E-state index contributed by atoms with van der Waals surface area (Å²) in [7, 11) is 2.69.